The molecule has 3 aromatic rings. The fourth-order valence-corrected chi connectivity index (χ4v) is 3.75. The van der Waals surface area contributed by atoms with Crippen molar-refractivity contribution in [2.24, 2.45) is 0 Å². The van der Waals surface area contributed by atoms with Crippen LogP contribution in [0.1, 0.15) is 16.7 Å². The van der Waals surface area contributed by atoms with Crippen LogP contribution >= 0.6 is 0 Å². The third-order valence-electron chi connectivity index (χ3n) is 5.62. The zero-order valence-corrected chi connectivity index (χ0v) is 20.4. The standard InChI is InChI=1S/C27H22N4O7/c1-16-6-11-23(17(2)12-16)28-24(32)15-38-21-9-7-18(8-10-21)13-22-25(33)29-27(35)30(26(22)34)19-4-3-5-20(14-19)31(36)37/h3-14H,15H2,1-2H3,(H,28,32)(H,29,33,35)/b22-13-. The normalized spacial score (nSPS) is 14.3. The number of urea groups is 1. The van der Waals surface area contributed by atoms with Crippen molar-refractivity contribution < 1.29 is 28.8 Å². The fourth-order valence-electron chi connectivity index (χ4n) is 3.75. The average Bonchev–Trinajstić information content (AvgIpc) is 2.88. The molecule has 5 amide bonds. The van der Waals surface area contributed by atoms with Gasteiger partial charge in [-0.15, -0.1) is 0 Å². The summed E-state index contributed by atoms with van der Waals surface area (Å²) in [5.74, 6) is -1.78. The minimum atomic E-state index is -1.01. The Morgan fingerprint density at radius 3 is 2.47 bits per heavy atom. The molecule has 0 bridgehead atoms. The lowest BCUT2D eigenvalue weighted by molar-refractivity contribution is -0.384. The van der Waals surface area contributed by atoms with Gasteiger partial charge in [-0.25, -0.2) is 9.69 Å². The molecule has 4 rings (SSSR count). The number of hydrogen-bond donors (Lipinski definition) is 2. The van der Waals surface area contributed by atoms with Crippen LogP contribution in [0.25, 0.3) is 6.08 Å². The van der Waals surface area contributed by atoms with Crippen LogP contribution < -0.4 is 20.3 Å². The van der Waals surface area contributed by atoms with Crippen molar-refractivity contribution in [3.63, 3.8) is 0 Å². The van der Waals surface area contributed by atoms with Gasteiger partial charge in [0.1, 0.15) is 11.3 Å². The maximum Gasteiger partial charge on any atom is 0.335 e. The molecule has 3 aromatic carbocycles. The van der Waals surface area contributed by atoms with Crippen LogP contribution in [-0.4, -0.2) is 35.3 Å². The Morgan fingerprint density at radius 1 is 1.05 bits per heavy atom. The molecule has 0 spiro atoms. The Morgan fingerprint density at radius 2 is 1.79 bits per heavy atom. The third-order valence-corrected chi connectivity index (χ3v) is 5.62. The molecular formula is C27H22N4O7. The summed E-state index contributed by atoms with van der Waals surface area (Å²) in [5.41, 5.74) is 2.46. The maximum absolute atomic E-state index is 13.0. The SMILES string of the molecule is Cc1ccc(NC(=O)COc2ccc(/C=C3/C(=O)NC(=O)N(c4cccc([N+](=O)[O-])c4)C3=O)cc2)c(C)c1. The van der Waals surface area contributed by atoms with Gasteiger partial charge >= 0.3 is 6.03 Å². The predicted octanol–water partition coefficient (Wildman–Crippen LogP) is 3.90. The molecule has 1 saturated heterocycles. The van der Waals surface area contributed by atoms with Crippen LogP contribution in [0, 0.1) is 24.0 Å². The zero-order chi connectivity index (χ0) is 27.4. The molecule has 0 saturated carbocycles. The Kier molecular flexibility index (Phi) is 7.28. The average molecular weight is 514 g/mol. The number of nitro groups is 1. The summed E-state index contributed by atoms with van der Waals surface area (Å²) in [6.45, 7) is 3.63. The number of carbonyl (C=O) groups is 4. The number of hydrogen-bond acceptors (Lipinski definition) is 7. The van der Waals surface area contributed by atoms with E-state index >= 15 is 0 Å². The monoisotopic (exact) mass is 514 g/mol. The van der Waals surface area contributed by atoms with Gasteiger partial charge in [-0.3, -0.25) is 29.8 Å². The highest BCUT2D eigenvalue weighted by Crippen LogP contribution is 2.26. The number of carbonyl (C=O) groups excluding carboxylic acids is 4. The highest BCUT2D eigenvalue weighted by Gasteiger charge is 2.37. The van der Waals surface area contributed by atoms with E-state index in [4.69, 9.17) is 4.74 Å². The van der Waals surface area contributed by atoms with E-state index < -0.39 is 22.8 Å². The summed E-state index contributed by atoms with van der Waals surface area (Å²) in [7, 11) is 0. The number of barbiturate groups is 1. The van der Waals surface area contributed by atoms with Gasteiger partial charge in [0.25, 0.3) is 23.4 Å². The van der Waals surface area contributed by atoms with Crippen LogP contribution in [0.3, 0.4) is 0 Å². The first-order valence-electron chi connectivity index (χ1n) is 11.4. The number of nitrogens with one attached hydrogen (secondary N) is 2. The number of anilines is 2. The molecular weight excluding hydrogens is 492 g/mol. The lowest BCUT2D eigenvalue weighted by Crippen LogP contribution is -2.54. The highest BCUT2D eigenvalue weighted by atomic mass is 16.6. The van der Waals surface area contributed by atoms with Crippen molar-refractivity contribution in [1.29, 1.82) is 0 Å². The van der Waals surface area contributed by atoms with Crippen molar-refractivity contribution in [3.8, 4) is 5.75 Å². The van der Waals surface area contributed by atoms with Crippen molar-refractivity contribution in [1.82, 2.24) is 5.32 Å². The summed E-state index contributed by atoms with van der Waals surface area (Å²) in [6, 6.07) is 15.9. The van der Waals surface area contributed by atoms with E-state index in [1.54, 1.807) is 24.3 Å². The second-order valence-electron chi connectivity index (χ2n) is 8.46. The van der Waals surface area contributed by atoms with Crippen molar-refractivity contribution in [2.75, 3.05) is 16.8 Å². The minimum absolute atomic E-state index is 0.0528. The van der Waals surface area contributed by atoms with Gasteiger partial charge in [-0.05, 0) is 55.3 Å². The summed E-state index contributed by atoms with van der Waals surface area (Å²) in [6.07, 6.45) is 1.28. The number of non-ortho nitro benzene ring substituents is 1. The summed E-state index contributed by atoms with van der Waals surface area (Å²) < 4.78 is 5.52. The highest BCUT2D eigenvalue weighted by molar-refractivity contribution is 6.39. The van der Waals surface area contributed by atoms with Gasteiger partial charge in [0, 0.05) is 17.8 Å². The summed E-state index contributed by atoms with van der Waals surface area (Å²) >= 11 is 0. The zero-order valence-electron chi connectivity index (χ0n) is 20.4. The number of nitro benzene ring substituents is 1. The number of ether oxygens (including phenoxy) is 1. The Balaban J connectivity index is 1.45. The molecule has 0 aliphatic carbocycles. The molecule has 192 valence electrons. The van der Waals surface area contributed by atoms with Crippen LogP contribution in [0.2, 0.25) is 0 Å². The van der Waals surface area contributed by atoms with Gasteiger partial charge in [0.15, 0.2) is 6.61 Å². The molecule has 1 aliphatic heterocycles. The predicted molar refractivity (Wildman–Crippen MR) is 139 cm³/mol. The number of amides is 5. The molecule has 1 fully saturated rings. The molecule has 2 N–H and O–H groups in total. The van der Waals surface area contributed by atoms with Crippen LogP contribution in [0.4, 0.5) is 21.9 Å². The van der Waals surface area contributed by atoms with Gasteiger partial charge in [-0.1, -0.05) is 35.9 Å². The fraction of sp³-hybridized carbons (Fsp3) is 0.111. The smallest absolute Gasteiger partial charge is 0.335 e. The van der Waals surface area contributed by atoms with Gasteiger partial charge in [-0.2, -0.15) is 0 Å². The maximum atomic E-state index is 13.0. The molecule has 38 heavy (non-hydrogen) atoms. The quantitative estimate of drug-likeness (QED) is 0.210. The lowest BCUT2D eigenvalue weighted by Gasteiger charge is -2.26. The Labute approximate surface area is 216 Å². The van der Waals surface area contributed by atoms with E-state index in [-0.39, 0.29) is 29.5 Å². The number of nitrogens with zero attached hydrogens (tertiary/aromatic N) is 2. The Hall–Kier alpha value is -5.32. The first-order valence-corrected chi connectivity index (χ1v) is 11.4. The molecule has 0 radical (unpaired) electrons. The molecule has 0 unspecified atom stereocenters. The molecule has 1 heterocycles. The first-order chi connectivity index (χ1) is 18.1. The van der Waals surface area contributed by atoms with E-state index in [0.717, 1.165) is 17.2 Å². The summed E-state index contributed by atoms with van der Waals surface area (Å²) in [5, 5.41) is 15.9. The van der Waals surface area contributed by atoms with Gasteiger partial charge < -0.3 is 10.1 Å². The van der Waals surface area contributed by atoms with Crippen molar-refractivity contribution >= 4 is 46.9 Å². The van der Waals surface area contributed by atoms with Crippen LogP contribution in [0.15, 0.2) is 72.3 Å². The minimum Gasteiger partial charge on any atom is -0.484 e. The third kappa shape index (κ3) is 5.73. The van der Waals surface area contributed by atoms with E-state index in [2.05, 4.69) is 10.6 Å². The summed E-state index contributed by atoms with van der Waals surface area (Å²) in [4.78, 5) is 61.1. The first kappa shape index (κ1) is 25.8. The topological polar surface area (TPSA) is 148 Å². The largest absolute Gasteiger partial charge is 0.484 e. The van der Waals surface area contributed by atoms with Crippen molar-refractivity contribution in [3.05, 3.63) is 99.1 Å². The second-order valence-corrected chi connectivity index (χ2v) is 8.46. The number of rotatable bonds is 7. The van der Waals surface area contributed by atoms with Crippen LogP contribution in [0.5, 0.6) is 5.75 Å². The van der Waals surface area contributed by atoms with E-state index in [9.17, 15) is 29.3 Å². The van der Waals surface area contributed by atoms with Crippen molar-refractivity contribution in [2.45, 2.75) is 13.8 Å². The molecule has 1 aliphatic rings. The lowest BCUT2D eigenvalue weighted by atomic mass is 10.1. The van der Waals surface area contributed by atoms with Gasteiger partial charge in [0.05, 0.1) is 10.6 Å². The molecule has 11 nitrogen and oxygen atoms in total. The second kappa shape index (κ2) is 10.7. The van der Waals surface area contributed by atoms with Gasteiger partial charge in [0.2, 0.25) is 0 Å². The number of aryl methyl sites for hydroxylation is 2. The van der Waals surface area contributed by atoms with E-state index in [1.807, 2.05) is 32.0 Å². The molecule has 0 aromatic heterocycles. The number of benzene rings is 3. The molecule has 11 heteroatoms. The number of imide groups is 2. The van der Waals surface area contributed by atoms with Crippen LogP contribution in [-0.2, 0) is 14.4 Å². The molecule has 0 atom stereocenters. The Bertz CT molecular complexity index is 1500. The van der Waals surface area contributed by atoms with E-state index in [0.29, 0.717) is 21.9 Å². The van der Waals surface area contributed by atoms with E-state index in [1.165, 1.54) is 24.3 Å².